The zero-order valence-corrected chi connectivity index (χ0v) is 33.1. The molecule has 2 N–H and O–H groups in total. The Hall–Kier alpha value is -3.99. The van der Waals surface area contributed by atoms with E-state index in [1.54, 1.807) is 48.5 Å². The molecule has 0 heterocycles. The smallest absolute Gasteiger partial charge is 0.352 e. The molecule has 54 heavy (non-hydrogen) atoms. The number of benzene rings is 2. The van der Waals surface area contributed by atoms with Crippen LogP contribution < -0.4 is 4.74 Å². The molecule has 0 saturated carbocycles. The summed E-state index contributed by atoms with van der Waals surface area (Å²) in [6, 6.07) is 12.8. The molecule has 7 atom stereocenters. The van der Waals surface area contributed by atoms with Gasteiger partial charge in [0.2, 0.25) is 6.79 Å². The maximum Gasteiger partial charge on any atom is 0.352 e. The number of hydrogen-bond acceptors (Lipinski definition) is 10. The Morgan fingerprint density at radius 3 is 2.15 bits per heavy atom. The summed E-state index contributed by atoms with van der Waals surface area (Å²) in [5, 5.41) is 22.0. The SMILES string of the molecule is CCC(C)(C)C(=O)O[C@H]1C[C@@H](C)C=C2C=C[C@H](C)[C@H](CC[C@@H](O)C[C@@H](O)CC(=O)OCOC(=O)C(C)(C)Oc3ccc(C(=O)c4ccc(Cl)cc4)cc3)[C@H]21. The van der Waals surface area contributed by atoms with E-state index in [1.807, 2.05) is 20.8 Å². The minimum absolute atomic E-state index is 0.0139. The number of fused-ring (bicyclic) bond motifs is 1. The molecule has 0 aliphatic heterocycles. The van der Waals surface area contributed by atoms with Crippen molar-refractivity contribution >= 4 is 35.3 Å². The van der Waals surface area contributed by atoms with Crippen LogP contribution in [-0.4, -0.2) is 64.6 Å². The lowest BCUT2D eigenvalue weighted by molar-refractivity contribution is -0.178. The molecule has 0 aromatic heterocycles. The predicted molar refractivity (Wildman–Crippen MR) is 205 cm³/mol. The van der Waals surface area contributed by atoms with Gasteiger partial charge in [-0.15, -0.1) is 0 Å². The summed E-state index contributed by atoms with van der Waals surface area (Å²) in [5.74, 6) is -1.05. The number of aliphatic hydroxyl groups excluding tert-OH is 2. The van der Waals surface area contributed by atoms with Crippen molar-refractivity contribution in [1.82, 2.24) is 0 Å². The molecule has 11 heteroatoms. The molecule has 0 amide bonds. The average molecular weight is 767 g/mol. The summed E-state index contributed by atoms with van der Waals surface area (Å²) in [6.45, 7) is 12.3. The molecular formula is C43H55ClO10. The molecule has 2 aromatic rings. The molecule has 10 nitrogen and oxygen atoms in total. The molecule has 2 aliphatic carbocycles. The predicted octanol–water partition coefficient (Wildman–Crippen LogP) is 7.81. The minimum atomic E-state index is -1.45. The molecule has 4 rings (SSSR count). The Labute approximate surface area is 323 Å². The maximum absolute atomic E-state index is 13.1. The Kier molecular flexibility index (Phi) is 14.7. The quantitative estimate of drug-likeness (QED) is 0.0929. The van der Waals surface area contributed by atoms with Crippen LogP contribution in [0.1, 0.15) is 103 Å². The fourth-order valence-corrected chi connectivity index (χ4v) is 7.04. The van der Waals surface area contributed by atoms with E-state index in [9.17, 15) is 29.4 Å². The van der Waals surface area contributed by atoms with E-state index in [-0.39, 0.29) is 47.9 Å². The molecule has 294 valence electrons. The van der Waals surface area contributed by atoms with E-state index in [0.29, 0.717) is 41.2 Å². The van der Waals surface area contributed by atoms with E-state index in [0.717, 1.165) is 12.0 Å². The minimum Gasteiger partial charge on any atom is -0.476 e. The topological polar surface area (TPSA) is 146 Å². The zero-order valence-electron chi connectivity index (χ0n) is 32.4. The lowest BCUT2D eigenvalue weighted by Crippen LogP contribution is -2.43. The first-order chi connectivity index (χ1) is 25.4. The number of carbonyl (C=O) groups excluding carboxylic acids is 4. The van der Waals surface area contributed by atoms with Crippen LogP contribution in [0.25, 0.3) is 0 Å². The van der Waals surface area contributed by atoms with Crippen molar-refractivity contribution in [3.63, 3.8) is 0 Å². The second kappa shape index (κ2) is 18.6. The van der Waals surface area contributed by atoms with Crippen LogP contribution in [0, 0.1) is 29.1 Å². The number of ketones is 1. The third-order valence-corrected chi connectivity index (χ3v) is 10.8. The molecule has 2 aliphatic rings. The molecule has 0 fully saturated rings. The largest absolute Gasteiger partial charge is 0.476 e. The lowest BCUT2D eigenvalue weighted by atomic mass is 9.65. The van der Waals surface area contributed by atoms with Crippen molar-refractivity contribution < 1.29 is 48.3 Å². The van der Waals surface area contributed by atoms with Crippen molar-refractivity contribution in [2.45, 2.75) is 111 Å². The summed E-state index contributed by atoms with van der Waals surface area (Å²) >= 11 is 5.91. The van der Waals surface area contributed by atoms with Crippen molar-refractivity contribution in [2.75, 3.05) is 6.79 Å². The number of esters is 3. The summed E-state index contributed by atoms with van der Waals surface area (Å²) < 4.78 is 22.1. The van der Waals surface area contributed by atoms with E-state index >= 15 is 0 Å². The van der Waals surface area contributed by atoms with E-state index in [1.165, 1.54) is 13.8 Å². The zero-order chi connectivity index (χ0) is 39.8. The van der Waals surface area contributed by atoms with Gasteiger partial charge in [-0.2, -0.15) is 0 Å². The Morgan fingerprint density at radius 1 is 0.889 bits per heavy atom. The summed E-state index contributed by atoms with van der Waals surface area (Å²) in [4.78, 5) is 51.0. The summed E-state index contributed by atoms with van der Waals surface area (Å²) in [7, 11) is 0. The number of halogens is 1. The van der Waals surface area contributed by atoms with Gasteiger partial charge in [0.15, 0.2) is 11.4 Å². The van der Waals surface area contributed by atoms with Gasteiger partial charge in [0, 0.05) is 22.1 Å². The Bertz CT molecular complexity index is 1680. The van der Waals surface area contributed by atoms with Gasteiger partial charge >= 0.3 is 17.9 Å². The highest BCUT2D eigenvalue weighted by atomic mass is 35.5. The fourth-order valence-electron chi connectivity index (χ4n) is 6.92. The van der Waals surface area contributed by atoms with Crippen LogP contribution in [-0.2, 0) is 28.6 Å². The number of hydrogen-bond donors (Lipinski definition) is 2. The third kappa shape index (κ3) is 11.5. The maximum atomic E-state index is 13.1. The monoisotopic (exact) mass is 766 g/mol. The van der Waals surface area contributed by atoms with Crippen LogP contribution in [0.3, 0.4) is 0 Å². The summed E-state index contributed by atoms with van der Waals surface area (Å²) in [5.41, 5.74) is 0.0408. The van der Waals surface area contributed by atoms with Crippen molar-refractivity contribution in [3.05, 3.63) is 88.5 Å². The van der Waals surface area contributed by atoms with Gasteiger partial charge in [-0.3, -0.25) is 14.4 Å². The molecular weight excluding hydrogens is 712 g/mol. The second-order valence-electron chi connectivity index (χ2n) is 15.8. The highest BCUT2D eigenvalue weighted by molar-refractivity contribution is 6.30. The number of carbonyl (C=O) groups is 4. The van der Waals surface area contributed by atoms with Gasteiger partial charge < -0.3 is 29.2 Å². The summed E-state index contributed by atoms with van der Waals surface area (Å²) in [6.07, 6.45) is 6.28. The highest BCUT2D eigenvalue weighted by Gasteiger charge is 2.43. The van der Waals surface area contributed by atoms with E-state index in [4.69, 9.17) is 30.5 Å². The molecule has 0 bridgehead atoms. The van der Waals surface area contributed by atoms with E-state index in [2.05, 4.69) is 32.1 Å². The molecule has 0 unspecified atom stereocenters. The van der Waals surface area contributed by atoms with E-state index < -0.39 is 48.4 Å². The van der Waals surface area contributed by atoms with Gasteiger partial charge in [0.1, 0.15) is 11.9 Å². The molecule has 2 aromatic carbocycles. The van der Waals surface area contributed by atoms with Gasteiger partial charge in [0.25, 0.3) is 0 Å². The van der Waals surface area contributed by atoms with Gasteiger partial charge in [-0.25, -0.2) is 4.79 Å². The Morgan fingerprint density at radius 2 is 1.52 bits per heavy atom. The lowest BCUT2D eigenvalue weighted by Gasteiger charge is -2.44. The van der Waals surface area contributed by atoms with Crippen molar-refractivity contribution in [2.24, 2.45) is 29.1 Å². The highest BCUT2D eigenvalue weighted by Crippen LogP contribution is 2.45. The van der Waals surface area contributed by atoms with Gasteiger partial charge in [-0.05, 0) is 132 Å². The standard InChI is InChI=1S/C43H55ClO10/c1-8-42(4,5)40(49)53-36-22-26(2)21-30-10-9-27(3)35(38(30)36)20-17-32(45)23-33(46)24-37(47)51-25-52-41(50)43(6,7)54-34-18-13-29(14-19-34)39(48)28-11-15-31(44)16-12-28/h9-16,18-19,21,26-27,32-33,35-36,38,45-46H,8,17,20,22-25H2,1-7H3/t26-,27-,32+,33+,35-,36-,38-/m0/s1. The average Bonchev–Trinajstić information content (AvgIpc) is 3.11. The first kappa shape index (κ1) is 42.7. The normalized spacial score (nSPS) is 22.3. The number of rotatable bonds is 17. The van der Waals surface area contributed by atoms with Crippen LogP contribution >= 0.6 is 11.6 Å². The van der Waals surface area contributed by atoms with Crippen molar-refractivity contribution in [1.29, 1.82) is 0 Å². The third-order valence-electron chi connectivity index (χ3n) is 10.6. The fraction of sp³-hybridized carbons (Fsp3) is 0.535. The van der Waals surface area contributed by atoms with Crippen LogP contribution in [0.15, 0.2) is 72.3 Å². The van der Waals surface area contributed by atoms with Gasteiger partial charge in [-0.1, -0.05) is 50.6 Å². The first-order valence-corrected chi connectivity index (χ1v) is 19.2. The van der Waals surface area contributed by atoms with Crippen LogP contribution in [0.5, 0.6) is 5.75 Å². The van der Waals surface area contributed by atoms with Gasteiger partial charge in [0.05, 0.1) is 24.0 Å². The number of ether oxygens (including phenoxy) is 4. The molecule has 0 spiro atoms. The molecule has 0 radical (unpaired) electrons. The number of allylic oxidation sites excluding steroid dienone is 3. The Balaban J connectivity index is 1.20. The second-order valence-corrected chi connectivity index (χ2v) is 16.3. The first-order valence-electron chi connectivity index (χ1n) is 18.8. The van der Waals surface area contributed by atoms with Crippen LogP contribution in [0.4, 0.5) is 0 Å². The van der Waals surface area contributed by atoms with Crippen molar-refractivity contribution in [3.8, 4) is 5.75 Å². The van der Waals surface area contributed by atoms with Crippen LogP contribution in [0.2, 0.25) is 5.02 Å². The molecule has 0 saturated heterocycles. The number of aliphatic hydroxyl groups is 2.